The van der Waals surface area contributed by atoms with Gasteiger partial charge in [-0.1, -0.05) is 11.6 Å². The Morgan fingerprint density at radius 2 is 2.29 bits per heavy atom. The number of carbonyl (C=O) groups excluding carboxylic acids is 1. The molecule has 2 heterocycles. The van der Waals surface area contributed by atoms with Crippen LogP contribution in [0.4, 0.5) is 0 Å². The number of ether oxygens (including phenoxy) is 2. The lowest BCUT2D eigenvalue weighted by Gasteiger charge is -2.13. The molecule has 0 fully saturated rings. The van der Waals surface area contributed by atoms with Gasteiger partial charge in [-0.05, 0) is 31.2 Å². The molecule has 6 heteroatoms. The van der Waals surface area contributed by atoms with Crippen LogP contribution in [0.3, 0.4) is 0 Å². The summed E-state index contributed by atoms with van der Waals surface area (Å²) in [6.45, 7) is 2.03. The highest BCUT2D eigenvalue weighted by molar-refractivity contribution is 6.32. The maximum absolute atomic E-state index is 12.2. The second-order valence-corrected chi connectivity index (χ2v) is 5.26. The zero-order valence-corrected chi connectivity index (χ0v) is 12.1. The van der Waals surface area contributed by atoms with Gasteiger partial charge in [0, 0.05) is 18.0 Å². The SMILES string of the molecule is C[C@@H](Cc1ccco1)NC(=O)c1cc(Cl)c2c(c1)OCO2. The van der Waals surface area contributed by atoms with Gasteiger partial charge in [0.1, 0.15) is 5.76 Å². The molecule has 110 valence electrons. The van der Waals surface area contributed by atoms with Crippen molar-refractivity contribution in [2.45, 2.75) is 19.4 Å². The number of benzene rings is 1. The third-order valence-electron chi connectivity index (χ3n) is 3.15. The van der Waals surface area contributed by atoms with E-state index >= 15 is 0 Å². The smallest absolute Gasteiger partial charge is 0.251 e. The Morgan fingerprint density at radius 3 is 3.05 bits per heavy atom. The molecule has 1 N–H and O–H groups in total. The number of halogens is 1. The molecule has 0 saturated heterocycles. The van der Waals surface area contributed by atoms with Gasteiger partial charge in [-0.2, -0.15) is 0 Å². The lowest BCUT2D eigenvalue weighted by Crippen LogP contribution is -2.34. The molecule has 5 nitrogen and oxygen atoms in total. The molecule has 0 aliphatic carbocycles. The second kappa shape index (κ2) is 5.69. The predicted octanol–water partition coefficient (Wildman–Crippen LogP) is 3.02. The van der Waals surface area contributed by atoms with E-state index < -0.39 is 0 Å². The molecule has 21 heavy (non-hydrogen) atoms. The first-order chi connectivity index (χ1) is 10.1. The number of hydrogen-bond donors (Lipinski definition) is 1. The van der Waals surface area contributed by atoms with Crippen LogP contribution in [0.5, 0.6) is 11.5 Å². The Kier molecular flexibility index (Phi) is 3.75. The van der Waals surface area contributed by atoms with E-state index in [1.54, 1.807) is 18.4 Å². The molecule has 1 aromatic carbocycles. The van der Waals surface area contributed by atoms with Crippen molar-refractivity contribution < 1.29 is 18.7 Å². The minimum atomic E-state index is -0.214. The highest BCUT2D eigenvalue weighted by Crippen LogP contribution is 2.39. The zero-order valence-electron chi connectivity index (χ0n) is 11.4. The summed E-state index contributed by atoms with van der Waals surface area (Å²) in [5, 5.41) is 3.27. The molecule has 0 unspecified atom stereocenters. The van der Waals surface area contributed by atoms with Gasteiger partial charge in [-0.3, -0.25) is 4.79 Å². The fourth-order valence-electron chi connectivity index (χ4n) is 2.19. The lowest BCUT2D eigenvalue weighted by molar-refractivity contribution is 0.0939. The van der Waals surface area contributed by atoms with Gasteiger partial charge >= 0.3 is 0 Å². The number of carbonyl (C=O) groups is 1. The van der Waals surface area contributed by atoms with E-state index in [0.29, 0.717) is 28.5 Å². The second-order valence-electron chi connectivity index (χ2n) is 4.85. The summed E-state index contributed by atoms with van der Waals surface area (Å²) in [7, 11) is 0. The maximum atomic E-state index is 12.2. The summed E-state index contributed by atoms with van der Waals surface area (Å²) >= 11 is 6.07. The first-order valence-electron chi connectivity index (χ1n) is 6.56. The fraction of sp³-hybridized carbons (Fsp3) is 0.267. The summed E-state index contributed by atoms with van der Waals surface area (Å²) in [5.41, 5.74) is 0.440. The van der Waals surface area contributed by atoms with E-state index in [4.69, 9.17) is 25.5 Å². The zero-order chi connectivity index (χ0) is 14.8. The number of nitrogens with one attached hydrogen (secondary N) is 1. The molecule has 2 aromatic rings. The third-order valence-corrected chi connectivity index (χ3v) is 3.44. The number of amides is 1. The van der Waals surface area contributed by atoms with Gasteiger partial charge in [0.15, 0.2) is 11.5 Å². The summed E-state index contributed by atoms with van der Waals surface area (Å²) in [4.78, 5) is 12.2. The highest BCUT2D eigenvalue weighted by atomic mass is 35.5. The summed E-state index contributed by atoms with van der Waals surface area (Å²) in [5.74, 6) is 1.59. The van der Waals surface area contributed by atoms with Crippen molar-refractivity contribution in [3.63, 3.8) is 0 Å². The van der Waals surface area contributed by atoms with Crippen molar-refractivity contribution in [1.82, 2.24) is 5.32 Å². The quantitative estimate of drug-likeness (QED) is 0.943. The van der Waals surface area contributed by atoms with Crippen LogP contribution in [-0.2, 0) is 6.42 Å². The Morgan fingerprint density at radius 1 is 1.43 bits per heavy atom. The Balaban J connectivity index is 1.69. The van der Waals surface area contributed by atoms with Crippen molar-refractivity contribution in [2.24, 2.45) is 0 Å². The monoisotopic (exact) mass is 307 g/mol. The molecule has 1 amide bonds. The summed E-state index contributed by atoms with van der Waals surface area (Å²) < 4.78 is 15.7. The Labute approximate surface area is 126 Å². The third kappa shape index (κ3) is 2.97. The first-order valence-corrected chi connectivity index (χ1v) is 6.93. The standard InChI is InChI=1S/C15H14ClNO4/c1-9(5-11-3-2-4-19-11)17-15(18)10-6-12(16)14-13(7-10)20-8-21-14/h2-4,6-7,9H,5,8H2,1H3,(H,17,18)/t9-/m0/s1. The molecule has 1 atom stereocenters. The van der Waals surface area contributed by atoms with E-state index in [2.05, 4.69) is 5.32 Å². The Hall–Kier alpha value is -2.14. The topological polar surface area (TPSA) is 60.7 Å². The van der Waals surface area contributed by atoms with Crippen molar-refractivity contribution in [3.05, 3.63) is 46.9 Å². The van der Waals surface area contributed by atoms with Gasteiger partial charge in [-0.25, -0.2) is 0 Å². The number of furan rings is 1. The number of rotatable bonds is 4. The lowest BCUT2D eigenvalue weighted by atomic mass is 10.1. The van der Waals surface area contributed by atoms with Crippen LogP contribution < -0.4 is 14.8 Å². The number of hydrogen-bond acceptors (Lipinski definition) is 4. The largest absolute Gasteiger partial charge is 0.469 e. The van der Waals surface area contributed by atoms with Crippen molar-refractivity contribution in [2.75, 3.05) is 6.79 Å². The molecule has 0 radical (unpaired) electrons. The average Bonchev–Trinajstić information content (AvgIpc) is 3.09. The van der Waals surface area contributed by atoms with Gasteiger partial charge in [0.05, 0.1) is 11.3 Å². The molecular formula is C15H14ClNO4. The van der Waals surface area contributed by atoms with E-state index in [-0.39, 0.29) is 18.7 Å². The molecule has 3 rings (SSSR count). The molecule has 0 bridgehead atoms. The normalized spacial score (nSPS) is 14.0. The molecular weight excluding hydrogens is 294 g/mol. The Bertz CT molecular complexity index is 654. The first kappa shape index (κ1) is 13.8. The molecule has 1 aliphatic rings. The summed E-state index contributed by atoms with van der Waals surface area (Å²) in [6, 6.07) is 6.84. The number of fused-ring (bicyclic) bond motifs is 1. The van der Waals surface area contributed by atoms with Gasteiger partial charge < -0.3 is 19.2 Å². The fourth-order valence-corrected chi connectivity index (χ4v) is 2.45. The van der Waals surface area contributed by atoms with Crippen molar-refractivity contribution in [3.8, 4) is 11.5 Å². The van der Waals surface area contributed by atoms with Crippen LogP contribution in [-0.4, -0.2) is 18.7 Å². The maximum Gasteiger partial charge on any atom is 0.251 e. The van der Waals surface area contributed by atoms with E-state index in [0.717, 1.165) is 5.76 Å². The minimum absolute atomic E-state index is 0.0622. The van der Waals surface area contributed by atoms with Crippen LogP contribution in [0.2, 0.25) is 5.02 Å². The summed E-state index contributed by atoms with van der Waals surface area (Å²) in [6.07, 6.45) is 2.23. The van der Waals surface area contributed by atoms with E-state index in [1.165, 1.54) is 0 Å². The van der Waals surface area contributed by atoms with Crippen molar-refractivity contribution in [1.29, 1.82) is 0 Å². The van der Waals surface area contributed by atoms with Gasteiger partial charge in [0.25, 0.3) is 5.91 Å². The molecule has 1 aromatic heterocycles. The molecule has 0 spiro atoms. The van der Waals surface area contributed by atoms with Crippen LogP contribution in [0.15, 0.2) is 34.9 Å². The van der Waals surface area contributed by atoms with Gasteiger partial charge in [-0.15, -0.1) is 0 Å². The highest BCUT2D eigenvalue weighted by Gasteiger charge is 2.21. The average molecular weight is 308 g/mol. The molecule has 1 aliphatic heterocycles. The van der Waals surface area contributed by atoms with Gasteiger partial charge in [0.2, 0.25) is 6.79 Å². The van der Waals surface area contributed by atoms with Crippen LogP contribution in [0.1, 0.15) is 23.0 Å². The van der Waals surface area contributed by atoms with E-state index in [1.807, 2.05) is 19.1 Å². The molecule has 0 saturated carbocycles. The van der Waals surface area contributed by atoms with Crippen LogP contribution in [0, 0.1) is 0 Å². The van der Waals surface area contributed by atoms with E-state index in [9.17, 15) is 4.79 Å². The minimum Gasteiger partial charge on any atom is -0.469 e. The van der Waals surface area contributed by atoms with Crippen LogP contribution >= 0.6 is 11.6 Å². The predicted molar refractivity (Wildman–Crippen MR) is 76.9 cm³/mol. The van der Waals surface area contributed by atoms with Crippen molar-refractivity contribution >= 4 is 17.5 Å². The van der Waals surface area contributed by atoms with Crippen LogP contribution in [0.25, 0.3) is 0 Å².